The van der Waals surface area contributed by atoms with Crippen molar-refractivity contribution in [3.63, 3.8) is 0 Å². The summed E-state index contributed by atoms with van der Waals surface area (Å²) in [4.78, 5) is 20.4. The molecule has 0 saturated carbocycles. The number of unbranched alkanes of at least 4 members (excludes halogenated alkanes) is 8. The van der Waals surface area contributed by atoms with Crippen LogP contribution < -0.4 is 69.3 Å². The Morgan fingerprint density at radius 1 is 0.553 bits per heavy atom. The van der Waals surface area contributed by atoms with E-state index in [1.54, 1.807) is 0 Å². The van der Waals surface area contributed by atoms with Gasteiger partial charge in [-0.25, -0.2) is 0 Å². The Kier molecular flexibility index (Phi) is 40.8. The van der Waals surface area contributed by atoms with E-state index in [0.717, 1.165) is 37.5 Å². The van der Waals surface area contributed by atoms with Gasteiger partial charge in [0.25, 0.3) is 0 Å². The van der Waals surface area contributed by atoms with E-state index in [0.29, 0.717) is 23.3 Å². The van der Waals surface area contributed by atoms with Gasteiger partial charge in [0.2, 0.25) is 0 Å². The molecule has 0 aliphatic heterocycles. The van der Waals surface area contributed by atoms with Crippen molar-refractivity contribution in [3.05, 3.63) is 0 Å². The maximum absolute atomic E-state index is 10.2. The number of carbonyl (C=O) groups excluding carboxylic acids is 2. The molecular weight excluding hydrogens is 542 g/mol. The quantitative estimate of drug-likeness (QED) is 0.0963. The molecule has 0 saturated heterocycles. The van der Waals surface area contributed by atoms with Gasteiger partial charge in [0.05, 0.1) is 13.2 Å². The van der Waals surface area contributed by atoms with Crippen LogP contribution in [0, 0.1) is 11.8 Å². The SMILES string of the molecule is CC(C)CCCCCCCOC(=S)CCC(=O)[O-].CC(C)CCCCCCCOC(=S)CCC(=O)[O-].[Na+].[Na+]. The van der Waals surface area contributed by atoms with Crippen LogP contribution in [-0.2, 0) is 19.1 Å². The topological polar surface area (TPSA) is 98.7 Å². The second-order valence-corrected chi connectivity index (χ2v) is 11.0. The summed E-state index contributed by atoms with van der Waals surface area (Å²) in [6.45, 7) is 10.2. The van der Waals surface area contributed by atoms with Crippen LogP contribution >= 0.6 is 24.4 Å². The largest absolute Gasteiger partial charge is 1.00 e. The molecule has 0 aromatic carbocycles. The molecule has 0 aromatic rings. The normalized spacial score (nSPS) is 10.1. The van der Waals surface area contributed by atoms with Crippen molar-refractivity contribution in [2.45, 2.75) is 130 Å². The Hall–Kier alpha value is 0.720. The second-order valence-electron chi connectivity index (χ2n) is 10.1. The zero-order valence-corrected chi connectivity index (χ0v) is 30.8. The van der Waals surface area contributed by atoms with Gasteiger partial charge >= 0.3 is 59.1 Å². The molecule has 0 N–H and O–H groups in total. The van der Waals surface area contributed by atoms with E-state index in [1.807, 2.05) is 0 Å². The van der Waals surface area contributed by atoms with Crippen LogP contribution in [0.2, 0.25) is 0 Å². The standard InChI is InChI=1S/2C14H26O3S.2Na/c2*1-12(2)8-6-4-3-5-7-11-17-14(18)10-9-13(15)16;;/h2*12H,3-11H2,1-2H3,(H,15,16);;/q;;2*+1/p-2. The number of rotatable bonds is 22. The zero-order chi connectivity index (χ0) is 27.6. The van der Waals surface area contributed by atoms with E-state index in [2.05, 4.69) is 27.7 Å². The minimum atomic E-state index is -1.08. The van der Waals surface area contributed by atoms with E-state index < -0.39 is 11.9 Å². The average Bonchev–Trinajstić information content (AvgIpc) is 2.79. The Morgan fingerprint density at radius 2 is 0.842 bits per heavy atom. The first-order valence-corrected chi connectivity index (χ1v) is 14.6. The number of thiocarbonyl (C=S) groups is 2. The fourth-order valence-corrected chi connectivity index (χ4v) is 3.67. The third kappa shape index (κ3) is 43.8. The average molecular weight is 593 g/mol. The molecule has 0 atom stereocenters. The zero-order valence-electron chi connectivity index (χ0n) is 25.1. The van der Waals surface area contributed by atoms with Gasteiger partial charge in [-0.1, -0.05) is 91.9 Å². The van der Waals surface area contributed by atoms with E-state index >= 15 is 0 Å². The van der Waals surface area contributed by atoms with Crippen molar-refractivity contribution in [2.75, 3.05) is 13.2 Å². The van der Waals surface area contributed by atoms with Crippen LogP contribution in [0.5, 0.6) is 0 Å². The van der Waals surface area contributed by atoms with Gasteiger partial charge in [-0.3, -0.25) is 0 Å². The van der Waals surface area contributed by atoms with E-state index in [4.69, 9.17) is 33.9 Å². The monoisotopic (exact) mass is 592 g/mol. The molecule has 212 valence electrons. The van der Waals surface area contributed by atoms with Gasteiger partial charge in [-0.15, -0.1) is 0 Å². The summed E-state index contributed by atoms with van der Waals surface area (Å²) in [6.07, 6.45) is 15.0. The van der Waals surface area contributed by atoms with Crippen molar-refractivity contribution in [2.24, 2.45) is 11.8 Å². The summed E-state index contributed by atoms with van der Waals surface area (Å²) < 4.78 is 10.6. The van der Waals surface area contributed by atoms with Gasteiger partial charge in [-0.2, -0.15) is 0 Å². The fraction of sp³-hybridized carbons (Fsp3) is 0.857. The summed E-state index contributed by atoms with van der Waals surface area (Å²) in [7, 11) is 0. The van der Waals surface area contributed by atoms with Crippen LogP contribution in [0.15, 0.2) is 0 Å². The fourth-order valence-electron chi connectivity index (χ4n) is 3.29. The first-order chi connectivity index (χ1) is 17.0. The van der Waals surface area contributed by atoms with Crippen molar-refractivity contribution in [1.29, 1.82) is 0 Å². The van der Waals surface area contributed by atoms with Gasteiger partial charge in [0.1, 0.15) is 0 Å². The maximum Gasteiger partial charge on any atom is 1.00 e. The molecule has 0 spiro atoms. The minimum absolute atomic E-state index is 0. The molecule has 0 bridgehead atoms. The van der Waals surface area contributed by atoms with Crippen LogP contribution in [-0.4, -0.2) is 35.3 Å². The third-order valence-corrected chi connectivity index (χ3v) is 6.09. The number of hydrogen-bond donors (Lipinski definition) is 0. The van der Waals surface area contributed by atoms with Crippen molar-refractivity contribution in [3.8, 4) is 0 Å². The Morgan fingerprint density at radius 3 is 1.13 bits per heavy atom. The molecule has 0 radical (unpaired) electrons. The molecule has 10 heteroatoms. The van der Waals surface area contributed by atoms with Gasteiger partial charge in [0, 0.05) is 24.8 Å². The molecule has 6 nitrogen and oxygen atoms in total. The molecule has 0 unspecified atom stereocenters. The summed E-state index contributed by atoms with van der Waals surface area (Å²) in [6, 6.07) is 0. The van der Waals surface area contributed by atoms with Gasteiger partial charge < -0.3 is 29.3 Å². The molecular formula is C28H50Na2O6S2. The molecule has 0 amide bonds. The number of carbonyl (C=O) groups is 2. The molecule has 0 aliphatic carbocycles. The minimum Gasteiger partial charge on any atom is -0.550 e. The van der Waals surface area contributed by atoms with Crippen LogP contribution in [0.1, 0.15) is 130 Å². The van der Waals surface area contributed by atoms with Crippen molar-refractivity contribution in [1.82, 2.24) is 0 Å². The maximum atomic E-state index is 10.2. The van der Waals surface area contributed by atoms with E-state index in [9.17, 15) is 19.8 Å². The van der Waals surface area contributed by atoms with E-state index in [1.165, 1.54) is 51.4 Å². The first-order valence-electron chi connectivity index (χ1n) is 13.8. The number of carboxylic acid groups (broad SMARTS) is 2. The number of hydrogen-bond acceptors (Lipinski definition) is 8. The van der Waals surface area contributed by atoms with Crippen molar-refractivity contribution < 1.29 is 88.4 Å². The molecule has 38 heavy (non-hydrogen) atoms. The molecule has 0 rings (SSSR count). The summed E-state index contributed by atoms with van der Waals surface area (Å²) >= 11 is 9.81. The van der Waals surface area contributed by atoms with Gasteiger partial charge in [0.15, 0.2) is 10.1 Å². The molecule has 0 aliphatic rings. The number of ether oxygens (including phenoxy) is 2. The van der Waals surface area contributed by atoms with Crippen LogP contribution in [0.25, 0.3) is 0 Å². The predicted octanol–water partition coefficient (Wildman–Crippen LogP) is -0.278. The van der Waals surface area contributed by atoms with Crippen LogP contribution in [0.4, 0.5) is 0 Å². The van der Waals surface area contributed by atoms with Gasteiger partial charge in [-0.05, 0) is 62.0 Å². The molecule has 0 fully saturated rings. The van der Waals surface area contributed by atoms with Crippen LogP contribution in [0.3, 0.4) is 0 Å². The Labute approximate surface area is 287 Å². The second kappa shape index (κ2) is 33.9. The molecule has 0 heterocycles. The summed E-state index contributed by atoms with van der Waals surface area (Å²) in [5.74, 6) is -0.555. The number of aliphatic carboxylic acids is 2. The van der Waals surface area contributed by atoms with Crippen molar-refractivity contribution >= 4 is 46.5 Å². The molecule has 0 aromatic heterocycles. The van der Waals surface area contributed by atoms with E-state index in [-0.39, 0.29) is 84.8 Å². The number of carboxylic acids is 2. The Balaban J connectivity index is -0.000000289. The summed E-state index contributed by atoms with van der Waals surface area (Å²) in [5, 5.41) is 21.2. The Bertz CT molecular complexity index is 540. The first kappa shape index (κ1) is 45.7. The summed E-state index contributed by atoms with van der Waals surface area (Å²) in [5.41, 5.74) is 0. The smallest absolute Gasteiger partial charge is 0.550 e. The third-order valence-electron chi connectivity index (χ3n) is 5.44. The predicted molar refractivity (Wildman–Crippen MR) is 151 cm³/mol.